The Morgan fingerprint density at radius 2 is 0.860 bits per heavy atom. The minimum Gasteiger partial charge on any atom is -0.430 e. The summed E-state index contributed by atoms with van der Waals surface area (Å²) in [6.07, 6.45) is 0.287. The monoisotopic (exact) mass is 934 g/mol. The van der Waals surface area contributed by atoms with Crippen LogP contribution in [0.15, 0.2) is 25.3 Å². The van der Waals surface area contributed by atoms with Gasteiger partial charge in [0.15, 0.2) is 11.6 Å². The predicted octanol–water partition coefficient (Wildman–Crippen LogP) is 9.32. The second-order valence-corrected chi connectivity index (χ2v) is 19.0. The number of halogens is 6. The predicted molar refractivity (Wildman–Crippen MR) is 223 cm³/mol. The van der Waals surface area contributed by atoms with E-state index in [4.69, 9.17) is 98.2 Å². The molecule has 20 heteroatoms. The molecule has 0 aliphatic heterocycles. The summed E-state index contributed by atoms with van der Waals surface area (Å²) in [6, 6.07) is 0. The number of allylic oxidation sites excluding steroid dienone is 2. The number of Topliss-reactive ketones (excluding diaryl/α,β-unsaturated/α-hetero) is 2. The van der Waals surface area contributed by atoms with E-state index in [2.05, 4.69) is 13.2 Å². The van der Waals surface area contributed by atoms with Gasteiger partial charge in [-0.15, -0.1) is 13.2 Å². The maximum atomic E-state index is 13.1. The number of ketones is 2. The number of ether oxygens (including phenoxy) is 4. The molecule has 0 saturated carbocycles. The summed E-state index contributed by atoms with van der Waals surface area (Å²) >= 11 is 33.3. The molecule has 0 unspecified atom stereocenters. The van der Waals surface area contributed by atoms with Crippen LogP contribution in [0.4, 0.5) is 9.59 Å². The number of hydrogen-bond acceptors (Lipinski definition) is 12. The zero-order chi connectivity index (χ0) is 44.6. The number of hydrogen-bond donors (Lipinski definition) is 0. The third kappa shape index (κ3) is 20.7. The largest absolute Gasteiger partial charge is 0.508 e. The molecular weight excluding hydrogens is 877 g/mol. The molecule has 0 spiro atoms. The second-order valence-electron chi connectivity index (χ2n) is 14.0. The Labute approximate surface area is 367 Å². The molecule has 0 fully saturated rings. The molecule has 6 atom stereocenters. The maximum absolute atomic E-state index is 13.1. The van der Waals surface area contributed by atoms with Gasteiger partial charge < -0.3 is 18.9 Å². The van der Waals surface area contributed by atoms with Gasteiger partial charge in [-0.1, -0.05) is 117 Å². The number of hydroxylamine groups is 4. The molecule has 0 heterocycles. The molecule has 0 aromatic rings. The zero-order valence-electron chi connectivity index (χ0n) is 33.9. The van der Waals surface area contributed by atoms with Gasteiger partial charge in [0.05, 0.1) is 26.1 Å². The van der Waals surface area contributed by atoms with Crippen molar-refractivity contribution in [3.05, 3.63) is 25.3 Å². The number of nitrogens with zero attached hydrogens (tertiary/aromatic N) is 2. The lowest BCUT2D eigenvalue weighted by atomic mass is 9.76. The van der Waals surface area contributed by atoms with Crippen molar-refractivity contribution in [1.29, 1.82) is 0 Å². The number of rotatable bonds is 20. The van der Waals surface area contributed by atoms with Crippen molar-refractivity contribution in [1.82, 2.24) is 10.1 Å². The Morgan fingerprint density at radius 3 is 1.07 bits per heavy atom. The Kier molecular flexibility index (Phi) is 27.3. The number of amides is 2. The second kappa shape index (κ2) is 26.2. The number of carbonyl (C=O) groups excluding carboxylic acids is 6. The van der Waals surface area contributed by atoms with Crippen LogP contribution in [0.5, 0.6) is 0 Å². The van der Waals surface area contributed by atoms with Crippen molar-refractivity contribution in [2.45, 2.75) is 95.5 Å². The molecule has 0 aromatic heterocycles. The SMILES string of the molecule is C.C=CC[C@H](C)[C@H](OC(=O)OCC(Cl)(Cl)Cl)[C@@H](C)C(=O)C(C)(C)C(=O)N(C)OC.C=CC[C@H](C)[C@H](OC(=O)OCC(Cl)(Cl)Cl)[C@@H](C)C(=O)C(C)(C)C(=O)N(C)OC. The van der Waals surface area contributed by atoms with Crippen molar-refractivity contribution in [2.24, 2.45) is 34.5 Å². The average molecular weight is 938 g/mol. The van der Waals surface area contributed by atoms with Crippen LogP contribution < -0.4 is 0 Å². The molecule has 0 aromatic carbocycles. The Morgan fingerprint density at radius 1 is 0.596 bits per heavy atom. The molecule has 332 valence electrons. The smallest absolute Gasteiger partial charge is 0.430 e. The molecule has 14 nitrogen and oxygen atoms in total. The summed E-state index contributed by atoms with van der Waals surface area (Å²) in [7, 11) is 5.45. The third-order valence-electron chi connectivity index (χ3n) is 8.60. The Hall–Kier alpha value is -2.04. The van der Waals surface area contributed by atoms with Crippen LogP contribution >= 0.6 is 69.6 Å². The third-order valence-corrected chi connectivity index (χ3v) is 9.26. The maximum Gasteiger partial charge on any atom is 0.508 e. The van der Waals surface area contributed by atoms with Crippen molar-refractivity contribution >= 4 is 105 Å². The Balaban J connectivity index is -0.00000101. The van der Waals surface area contributed by atoms with Crippen LogP contribution in [0.2, 0.25) is 0 Å². The molecule has 0 bridgehead atoms. The average Bonchev–Trinajstić information content (AvgIpc) is 3.11. The van der Waals surface area contributed by atoms with Crippen LogP contribution in [0.3, 0.4) is 0 Å². The zero-order valence-corrected chi connectivity index (χ0v) is 38.5. The highest BCUT2D eigenvalue weighted by Gasteiger charge is 2.46. The minimum atomic E-state index is -1.79. The fourth-order valence-electron chi connectivity index (χ4n) is 5.39. The molecule has 0 N–H and O–H groups in total. The van der Waals surface area contributed by atoms with E-state index in [1.54, 1.807) is 39.8 Å². The Bertz CT molecular complexity index is 1250. The van der Waals surface area contributed by atoms with Crippen molar-refractivity contribution in [2.75, 3.05) is 41.5 Å². The van der Waals surface area contributed by atoms with Gasteiger partial charge in [0.2, 0.25) is 7.59 Å². The highest BCUT2D eigenvalue weighted by atomic mass is 35.6. The molecular formula is C37H60Cl6N2O12. The first-order valence-electron chi connectivity index (χ1n) is 17.1. The summed E-state index contributed by atoms with van der Waals surface area (Å²) < 4.78 is 16.7. The molecule has 57 heavy (non-hydrogen) atoms. The summed E-state index contributed by atoms with van der Waals surface area (Å²) in [5.41, 5.74) is -2.80. The van der Waals surface area contributed by atoms with Crippen LogP contribution in [0.1, 0.15) is 75.7 Å². The summed E-state index contributed by atoms with van der Waals surface area (Å²) in [6.45, 7) is 19.0. The first-order chi connectivity index (χ1) is 25.4. The van der Waals surface area contributed by atoms with Crippen LogP contribution in [0.25, 0.3) is 0 Å². The van der Waals surface area contributed by atoms with Gasteiger partial charge in [-0.25, -0.2) is 19.7 Å². The first kappa shape index (κ1) is 59.3. The van der Waals surface area contributed by atoms with E-state index in [9.17, 15) is 28.8 Å². The van der Waals surface area contributed by atoms with Gasteiger partial charge in [0, 0.05) is 14.1 Å². The molecule has 0 saturated heterocycles. The fraction of sp³-hybridized carbons (Fsp3) is 0.730. The highest BCUT2D eigenvalue weighted by molar-refractivity contribution is 6.68. The van der Waals surface area contributed by atoms with E-state index in [0.29, 0.717) is 12.8 Å². The van der Waals surface area contributed by atoms with Gasteiger partial charge >= 0.3 is 12.3 Å². The van der Waals surface area contributed by atoms with E-state index < -0.39 is 91.4 Å². The molecule has 0 aliphatic carbocycles. The van der Waals surface area contributed by atoms with Gasteiger partial charge in [0.25, 0.3) is 11.8 Å². The van der Waals surface area contributed by atoms with E-state index >= 15 is 0 Å². The lowest BCUT2D eigenvalue weighted by Gasteiger charge is -2.33. The lowest BCUT2D eigenvalue weighted by Crippen LogP contribution is -2.48. The number of carbonyl (C=O) groups is 6. The minimum absolute atomic E-state index is 0. The highest BCUT2D eigenvalue weighted by Crippen LogP contribution is 2.33. The molecule has 0 radical (unpaired) electrons. The van der Waals surface area contributed by atoms with Gasteiger partial charge in [-0.05, 0) is 52.4 Å². The normalized spacial score (nSPS) is 14.9. The molecule has 0 rings (SSSR count). The summed E-state index contributed by atoms with van der Waals surface area (Å²) in [5.74, 6) is -4.08. The van der Waals surface area contributed by atoms with Crippen molar-refractivity contribution in [3.63, 3.8) is 0 Å². The first-order valence-corrected chi connectivity index (χ1v) is 19.4. The number of alkyl halides is 6. The van der Waals surface area contributed by atoms with Gasteiger partial charge in [0.1, 0.15) is 36.3 Å². The quantitative estimate of drug-likeness (QED) is 0.0374. The summed E-state index contributed by atoms with van der Waals surface area (Å²) in [5, 5.41) is 1.95. The van der Waals surface area contributed by atoms with Gasteiger partial charge in [-0.3, -0.25) is 28.9 Å². The van der Waals surface area contributed by atoms with E-state index in [1.807, 2.05) is 0 Å². The van der Waals surface area contributed by atoms with Crippen molar-refractivity contribution < 1.29 is 57.4 Å². The fourth-order valence-corrected chi connectivity index (χ4v) is 5.72. The molecule has 2 amide bonds. The lowest BCUT2D eigenvalue weighted by molar-refractivity contribution is -0.182. The van der Waals surface area contributed by atoms with Gasteiger partial charge in [-0.2, -0.15) is 0 Å². The van der Waals surface area contributed by atoms with Crippen LogP contribution in [0, 0.1) is 34.5 Å². The van der Waals surface area contributed by atoms with Crippen LogP contribution in [-0.2, 0) is 47.8 Å². The standard InChI is InChI=1S/2C18H28Cl3NO6.CH4/c2*1-8-9-11(2)13(28-16(25)27-10-18(19,20)21)12(3)14(23)17(4,5)15(24)22(6)26-7;/h2*8,11-13H,1,9-10H2,2-7H3;1H4/t2*11-,12+,13-;/m00./s1. The van der Waals surface area contributed by atoms with E-state index in [1.165, 1.54) is 56.0 Å². The topological polar surface area (TPSA) is 164 Å². The summed E-state index contributed by atoms with van der Waals surface area (Å²) in [4.78, 5) is 84.9. The van der Waals surface area contributed by atoms with E-state index in [-0.39, 0.29) is 19.3 Å². The molecule has 0 aliphatic rings. The van der Waals surface area contributed by atoms with E-state index in [0.717, 1.165) is 10.1 Å². The van der Waals surface area contributed by atoms with Crippen LogP contribution in [-0.4, -0.2) is 107 Å². The van der Waals surface area contributed by atoms with Crippen molar-refractivity contribution in [3.8, 4) is 0 Å².